The number of methoxy groups -OCH3 is 1. The highest BCUT2D eigenvalue weighted by molar-refractivity contribution is 7.16. The molecule has 0 unspecified atom stereocenters. The van der Waals surface area contributed by atoms with E-state index in [9.17, 15) is 9.18 Å². The van der Waals surface area contributed by atoms with Crippen LogP contribution in [-0.4, -0.2) is 36.3 Å². The van der Waals surface area contributed by atoms with E-state index in [1.807, 2.05) is 35.7 Å². The molecule has 0 bridgehead atoms. The summed E-state index contributed by atoms with van der Waals surface area (Å²) in [5.41, 5.74) is 2.89. The number of nitrogens with one attached hydrogen (secondary N) is 1. The number of benzene rings is 1. The van der Waals surface area contributed by atoms with Crippen molar-refractivity contribution in [2.45, 2.75) is 20.3 Å². The number of halogens is 1. The number of hydrogen-bond acceptors (Lipinski definition) is 8. The Morgan fingerprint density at radius 3 is 2.74 bits per heavy atom. The van der Waals surface area contributed by atoms with E-state index in [1.165, 1.54) is 18.4 Å². The Kier molecular flexibility index (Phi) is 8.09. The first-order valence-electron chi connectivity index (χ1n) is 11.2. The maximum atomic E-state index is 12.6. The number of hydrogen-bond donors (Lipinski definition) is 1. The second-order valence-corrected chi connectivity index (χ2v) is 10.2. The van der Waals surface area contributed by atoms with E-state index >= 15 is 0 Å². The maximum Gasteiger partial charge on any atom is 0.341 e. The second-order valence-electron chi connectivity index (χ2n) is 8.17. The number of carbonyl (C=O) groups is 1. The fraction of sp³-hybridized carbons (Fsp3) is 0.269. The van der Waals surface area contributed by atoms with Crippen molar-refractivity contribution in [2.75, 3.05) is 25.7 Å². The lowest BCUT2D eigenvalue weighted by atomic mass is 10.0. The Morgan fingerprint density at radius 2 is 2.03 bits per heavy atom. The minimum absolute atomic E-state index is 0.00954. The molecule has 9 heteroatoms. The summed E-state index contributed by atoms with van der Waals surface area (Å²) in [6.07, 6.45) is 2.56. The number of anilines is 2. The molecule has 0 aliphatic rings. The number of alkyl halides is 1. The fourth-order valence-electron chi connectivity index (χ4n) is 3.54. The molecule has 0 saturated carbocycles. The zero-order valence-electron chi connectivity index (χ0n) is 19.7. The zero-order valence-corrected chi connectivity index (χ0v) is 21.3. The lowest BCUT2D eigenvalue weighted by Crippen LogP contribution is -2.07. The largest absolute Gasteiger partial charge is 0.491 e. The summed E-state index contributed by atoms with van der Waals surface area (Å²) in [5.74, 6) is 0.919. The third-order valence-corrected chi connectivity index (χ3v) is 6.98. The number of thiazole rings is 1. The Morgan fingerprint density at radius 1 is 1.17 bits per heavy atom. The topological polar surface area (TPSA) is 73.3 Å². The molecule has 4 aromatic rings. The van der Waals surface area contributed by atoms with E-state index in [2.05, 4.69) is 24.1 Å². The normalized spacial score (nSPS) is 11.0. The lowest BCUT2D eigenvalue weighted by molar-refractivity contribution is 0.0601. The second kappa shape index (κ2) is 11.4. The first kappa shape index (κ1) is 24.8. The van der Waals surface area contributed by atoms with Crippen LogP contribution in [0.25, 0.3) is 21.7 Å². The molecule has 0 amide bonds. The Bertz CT molecular complexity index is 1290. The molecule has 4 rings (SSSR count). The van der Waals surface area contributed by atoms with E-state index in [0.717, 1.165) is 33.0 Å². The SMILES string of the molecule is COC(=O)c1cc(-c2cccs2)cnc1Nc1nc(-c2cccc(OCCF)c2)c(CC(C)C)s1. The van der Waals surface area contributed by atoms with Gasteiger partial charge in [-0.3, -0.25) is 0 Å². The summed E-state index contributed by atoms with van der Waals surface area (Å²) < 4.78 is 23.0. The molecule has 0 saturated heterocycles. The van der Waals surface area contributed by atoms with E-state index in [4.69, 9.17) is 14.5 Å². The number of aromatic nitrogens is 2. The first-order valence-corrected chi connectivity index (χ1v) is 12.9. The molecule has 0 fully saturated rings. The van der Waals surface area contributed by atoms with Crippen molar-refractivity contribution in [3.05, 3.63) is 64.5 Å². The highest BCUT2D eigenvalue weighted by atomic mass is 32.1. The molecule has 0 radical (unpaired) electrons. The predicted molar refractivity (Wildman–Crippen MR) is 140 cm³/mol. The quantitative estimate of drug-likeness (QED) is 0.231. The Labute approximate surface area is 211 Å². The van der Waals surface area contributed by atoms with Crippen LogP contribution in [-0.2, 0) is 11.2 Å². The molecular formula is C26H26FN3O3S2. The molecular weight excluding hydrogens is 485 g/mol. The standard InChI is InChI=1S/C26H26FN3O3S2/c1-16(2)12-22-23(17-6-4-7-19(13-17)33-10-9-27)29-26(35-22)30-24-20(25(31)32-3)14-18(15-28-24)21-8-5-11-34-21/h4-8,11,13-16H,9-10,12H2,1-3H3,(H,28,29,30). The minimum Gasteiger partial charge on any atom is -0.491 e. The average Bonchev–Trinajstić information content (AvgIpc) is 3.53. The molecule has 0 atom stereocenters. The van der Waals surface area contributed by atoms with Gasteiger partial charge in [-0.2, -0.15) is 0 Å². The van der Waals surface area contributed by atoms with Crippen LogP contribution in [0.4, 0.5) is 15.3 Å². The molecule has 35 heavy (non-hydrogen) atoms. The molecule has 182 valence electrons. The van der Waals surface area contributed by atoms with Gasteiger partial charge in [-0.05, 0) is 42.0 Å². The molecule has 3 heterocycles. The van der Waals surface area contributed by atoms with Gasteiger partial charge in [0.05, 0.1) is 12.8 Å². The first-order chi connectivity index (χ1) is 17.0. The van der Waals surface area contributed by atoms with E-state index in [1.54, 1.807) is 29.7 Å². The molecule has 0 aliphatic heterocycles. The van der Waals surface area contributed by atoms with E-state index < -0.39 is 12.6 Å². The third kappa shape index (κ3) is 6.04. The highest BCUT2D eigenvalue weighted by Crippen LogP contribution is 2.36. The Hall–Kier alpha value is -3.30. The van der Waals surface area contributed by atoms with Crippen LogP contribution in [0.3, 0.4) is 0 Å². The van der Waals surface area contributed by atoms with Crippen molar-refractivity contribution in [3.63, 3.8) is 0 Å². The summed E-state index contributed by atoms with van der Waals surface area (Å²) in [5, 5.41) is 5.83. The van der Waals surface area contributed by atoms with Gasteiger partial charge in [0.25, 0.3) is 0 Å². The zero-order chi connectivity index (χ0) is 24.8. The molecule has 6 nitrogen and oxygen atoms in total. The number of pyridine rings is 1. The molecule has 0 aliphatic carbocycles. The van der Waals surface area contributed by atoms with Crippen molar-refractivity contribution in [1.29, 1.82) is 0 Å². The van der Waals surface area contributed by atoms with Crippen molar-refractivity contribution in [3.8, 4) is 27.4 Å². The summed E-state index contributed by atoms with van der Waals surface area (Å²) in [6.45, 7) is 3.76. The van der Waals surface area contributed by atoms with Crippen molar-refractivity contribution in [2.24, 2.45) is 5.92 Å². The van der Waals surface area contributed by atoms with Gasteiger partial charge in [0.1, 0.15) is 30.4 Å². The van der Waals surface area contributed by atoms with E-state index in [0.29, 0.717) is 28.2 Å². The lowest BCUT2D eigenvalue weighted by Gasteiger charge is -2.09. The van der Waals surface area contributed by atoms with Gasteiger partial charge in [0.15, 0.2) is 5.13 Å². The van der Waals surface area contributed by atoms with Crippen LogP contribution in [0, 0.1) is 5.92 Å². The number of ether oxygens (including phenoxy) is 2. The van der Waals surface area contributed by atoms with Gasteiger partial charge < -0.3 is 14.8 Å². The highest BCUT2D eigenvalue weighted by Gasteiger charge is 2.20. The number of rotatable bonds is 10. The average molecular weight is 512 g/mol. The van der Waals surface area contributed by atoms with Crippen LogP contribution in [0.2, 0.25) is 0 Å². The van der Waals surface area contributed by atoms with Gasteiger partial charge in [0.2, 0.25) is 0 Å². The van der Waals surface area contributed by atoms with Crippen LogP contribution in [0.15, 0.2) is 54.0 Å². The van der Waals surface area contributed by atoms with E-state index in [-0.39, 0.29) is 6.61 Å². The van der Waals surface area contributed by atoms with Crippen LogP contribution in [0.5, 0.6) is 5.75 Å². The van der Waals surface area contributed by atoms with Gasteiger partial charge in [-0.15, -0.1) is 22.7 Å². The third-order valence-electron chi connectivity index (χ3n) is 5.07. The van der Waals surface area contributed by atoms with Gasteiger partial charge in [-0.1, -0.05) is 32.0 Å². The molecule has 1 aromatic carbocycles. The fourth-order valence-corrected chi connectivity index (χ4v) is 5.44. The van der Waals surface area contributed by atoms with Gasteiger partial charge in [-0.25, -0.2) is 19.2 Å². The summed E-state index contributed by atoms with van der Waals surface area (Å²) in [6, 6.07) is 13.2. The Balaban J connectivity index is 1.69. The number of nitrogens with zero attached hydrogens (tertiary/aromatic N) is 2. The van der Waals surface area contributed by atoms with Crippen LogP contribution in [0.1, 0.15) is 29.1 Å². The maximum absolute atomic E-state index is 12.6. The minimum atomic E-state index is -0.547. The molecule has 3 aromatic heterocycles. The van der Waals surface area contributed by atoms with Crippen molar-refractivity contribution >= 4 is 39.6 Å². The van der Waals surface area contributed by atoms with Gasteiger partial charge in [0, 0.05) is 27.1 Å². The predicted octanol–water partition coefficient (Wildman–Crippen LogP) is 7.01. The number of thiophene rings is 1. The van der Waals surface area contributed by atoms with Crippen LogP contribution >= 0.6 is 22.7 Å². The van der Waals surface area contributed by atoms with Gasteiger partial charge >= 0.3 is 5.97 Å². The monoisotopic (exact) mass is 511 g/mol. The van der Waals surface area contributed by atoms with Crippen molar-refractivity contribution < 1.29 is 18.7 Å². The summed E-state index contributed by atoms with van der Waals surface area (Å²) in [4.78, 5) is 24.0. The smallest absolute Gasteiger partial charge is 0.341 e. The number of carbonyl (C=O) groups excluding carboxylic acids is 1. The number of esters is 1. The van der Waals surface area contributed by atoms with Crippen molar-refractivity contribution in [1.82, 2.24) is 9.97 Å². The van der Waals surface area contributed by atoms with Crippen LogP contribution < -0.4 is 10.1 Å². The summed E-state index contributed by atoms with van der Waals surface area (Å²) >= 11 is 3.09. The molecule has 1 N–H and O–H groups in total. The molecule has 0 spiro atoms. The summed E-state index contributed by atoms with van der Waals surface area (Å²) in [7, 11) is 1.35.